The standard InChI is InChI=1S/C74H140O6/c1-4-7-10-13-16-19-22-25-27-29-31-33-34-35-36-37-38-39-40-41-43-44-46-49-52-55-58-61-64-67-73(76)79-70-71(69-78-72(75)66-63-60-57-54-51-48-24-21-18-15-12-9-6-3)80-74(77)68-65-62-59-56-53-50-47-45-42-32-30-28-26-23-20-17-14-11-8-5-2/h22,25,29,31,71H,4-21,23-24,26-28,30,32-70H2,1-3H3/b25-22-,31-29-. The molecule has 0 aromatic carbocycles. The molecule has 0 amide bonds. The number of rotatable bonds is 68. The van der Waals surface area contributed by atoms with Gasteiger partial charge in [0.15, 0.2) is 6.10 Å². The van der Waals surface area contributed by atoms with Gasteiger partial charge in [-0.1, -0.05) is 366 Å². The van der Waals surface area contributed by atoms with Gasteiger partial charge in [-0.2, -0.15) is 0 Å². The summed E-state index contributed by atoms with van der Waals surface area (Å²) in [7, 11) is 0. The van der Waals surface area contributed by atoms with E-state index in [4.69, 9.17) is 14.2 Å². The van der Waals surface area contributed by atoms with Gasteiger partial charge in [0, 0.05) is 19.3 Å². The summed E-state index contributed by atoms with van der Waals surface area (Å²) in [4.78, 5) is 38.4. The van der Waals surface area contributed by atoms with Crippen LogP contribution in [-0.4, -0.2) is 37.2 Å². The second-order valence-electron chi connectivity index (χ2n) is 24.9. The number of carbonyl (C=O) groups excluding carboxylic acids is 3. The summed E-state index contributed by atoms with van der Waals surface area (Å²) in [6, 6.07) is 0. The van der Waals surface area contributed by atoms with Crippen molar-refractivity contribution in [2.75, 3.05) is 13.2 Å². The molecular weight excluding hydrogens is 985 g/mol. The zero-order chi connectivity index (χ0) is 57.8. The first-order chi connectivity index (χ1) is 39.5. The Labute approximate surface area is 500 Å². The van der Waals surface area contributed by atoms with E-state index in [0.29, 0.717) is 19.3 Å². The Morgan fingerprint density at radius 3 is 0.688 bits per heavy atom. The Morgan fingerprint density at radius 2 is 0.450 bits per heavy atom. The zero-order valence-electron chi connectivity index (χ0n) is 54.4. The summed E-state index contributed by atoms with van der Waals surface area (Å²) in [6.07, 6.45) is 85.0. The van der Waals surface area contributed by atoms with Crippen molar-refractivity contribution in [2.45, 2.75) is 419 Å². The maximum Gasteiger partial charge on any atom is 0.306 e. The molecule has 0 aromatic rings. The van der Waals surface area contributed by atoms with Crippen molar-refractivity contribution in [2.24, 2.45) is 0 Å². The first-order valence-electron chi connectivity index (χ1n) is 36.3. The van der Waals surface area contributed by atoms with E-state index in [1.807, 2.05) is 0 Å². The summed E-state index contributed by atoms with van der Waals surface area (Å²) < 4.78 is 17.0. The number of hydrogen-bond donors (Lipinski definition) is 0. The van der Waals surface area contributed by atoms with Gasteiger partial charge in [0.1, 0.15) is 13.2 Å². The maximum absolute atomic E-state index is 12.9. The molecule has 0 fully saturated rings. The molecule has 0 saturated heterocycles. The first-order valence-corrected chi connectivity index (χ1v) is 36.3. The Kier molecular flexibility index (Phi) is 67.6. The second-order valence-corrected chi connectivity index (χ2v) is 24.9. The lowest BCUT2D eigenvalue weighted by Crippen LogP contribution is -2.30. The van der Waals surface area contributed by atoms with E-state index in [1.54, 1.807) is 0 Å². The summed E-state index contributed by atoms with van der Waals surface area (Å²) in [6.45, 7) is 6.72. The molecule has 0 radical (unpaired) electrons. The molecule has 1 unspecified atom stereocenters. The molecule has 0 heterocycles. The zero-order valence-corrected chi connectivity index (χ0v) is 54.4. The second kappa shape index (κ2) is 69.4. The van der Waals surface area contributed by atoms with Crippen molar-refractivity contribution in [1.29, 1.82) is 0 Å². The van der Waals surface area contributed by atoms with Crippen molar-refractivity contribution < 1.29 is 28.6 Å². The van der Waals surface area contributed by atoms with E-state index in [0.717, 1.165) is 64.2 Å². The van der Waals surface area contributed by atoms with Crippen LogP contribution < -0.4 is 0 Å². The van der Waals surface area contributed by atoms with Crippen molar-refractivity contribution >= 4 is 17.9 Å². The molecule has 6 heteroatoms. The monoisotopic (exact) mass is 1130 g/mol. The average molecular weight is 1130 g/mol. The van der Waals surface area contributed by atoms with Crippen LogP contribution in [0.4, 0.5) is 0 Å². The first kappa shape index (κ1) is 77.9. The molecule has 6 nitrogen and oxygen atoms in total. The van der Waals surface area contributed by atoms with Gasteiger partial charge in [0.05, 0.1) is 0 Å². The van der Waals surface area contributed by atoms with Crippen LogP contribution in [0.2, 0.25) is 0 Å². The van der Waals surface area contributed by atoms with Crippen molar-refractivity contribution in [3.05, 3.63) is 24.3 Å². The van der Waals surface area contributed by atoms with Gasteiger partial charge < -0.3 is 14.2 Å². The molecule has 80 heavy (non-hydrogen) atoms. The third-order valence-electron chi connectivity index (χ3n) is 16.7. The molecule has 0 aliphatic heterocycles. The number of carbonyl (C=O) groups is 3. The van der Waals surface area contributed by atoms with Gasteiger partial charge in [-0.25, -0.2) is 0 Å². The molecule has 1 atom stereocenters. The SMILES string of the molecule is CCCCCCC/C=C\C/C=C\CCCCCCCCCCCCCCCCCCCC(=O)OCC(COC(=O)CCCCCCCCCCCCCCC)OC(=O)CCCCCCCCCCCCCCCCCCCCCC. The predicted octanol–water partition coefficient (Wildman–Crippen LogP) is 25.0. The highest BCUT2D eigenvalue weighted by Gasteiger charge is 2.19. The van der Waals surface area contributed by atoms with Crippen molar-refractivity contribution in [1.82, 2.24) is 0 Å². The third kappa shape index (κ3) is 66.7. The van der Waals surface area contributed by atoms with Crippen LogP contribution in [-0.2, 0) is 28.6 Å². The van der Waals surface area contributed by atoms with Crippen LogP contribution in [0.15, 0.2) is 24.3 Å². The molecule has 0 rings (SSSR count). The Morgan fingerprint density at radius 1 is 0.250 bits per heavy atom. The maximum atomic E-state index is 12.9. The largest absolute Gasteiger partial charge is 0.462 e. The fourth-order valence-electron chi connectivity index (χ4n) is 11.2. The molecular formula is C74H140O6. The van der Waals surface area contributed by atoms with Crippen LogP contribution in [0.5, 0.6) is 0 Å². The highest BCUT2D eigenvalue weighted by Crippen LogP contribution is 2.19. The third-order valence-corrected chi connectivity index (χ3v) is 16.7. The molecule has 0 bridgehead atoms. The number of ether oxygens (including phenoxy) is 3. The number of unbranched alkanes of at least 4 members (excludes halogenated alkanes) is 53. The lowest BCUT2D eigenvalue weighted by molar-refractivity contribution is -0.167. The quantitative estimate of drug-likeness (QED) is 0.0261. The van der Waals surface area contributed by atoms with Gasteiger partial charge in [0.25, 0.3) is 0 Å². The lowest BCUT2D eigenvalue weighted by atomic mass is 10.0. The molecule has 0 spiro atoms. The average Bonchev–Trinajstić information content (AvgIpc) is 3.46. The Hall–Kier alpha value is -2.11. The number of hydrogen-bond acceptors (Lipinski definition) is 6. The lowest BCUT2D eigenvalue weighted by Gasteiger charge is -2.18. The van der Waals surface area contributed by atoms with E-state index >= 15 is 0 Å². The van der Waals surface area contributed by atoms with Gasteiger partial charge in [0.2, 0.25) is 0 Å². The van der Waals surface area contributed by atoms with Crippen LogP contribution in [0.3, 0.4) is 0 Å². The highest BCUT2D eigenvalue weighted by molar-refractivity contribution is 5.71. The molecule has 0 saturated carbocycles. The number of allylic oxidation sites excluding steroid dienone is 4. The Balaban J connectivity index is 4.17. The van der Waals surface area contributed by atoms with Gasteiger partial charge in [-0.3, -0.25) is 14.4 Å². The van der Waals surface area contributed by atoms with Crippen LogP contribution in [0, 0.1) is 0 Å². The van der Waals surface area contributed by atoms with Crippen LogP contribution >= 0.6 is 0 Å². The molecule has 0 N–H and O–H groups in total. The minimum Gasteiger partial charge on any atom is -0.462 e. The number of esters is 3. The topological polar surface area (TPSA) is 78.9 Å². The van der Waals surface area contributed by atoms with Crippen molar-refractivity contribution in [3.8, 4) is 0 Å². The summed E-state index contributed by atoms with van der Waals surface area (Å²) in [5.74, 6) is -0.827. The minimum atomic E-state index is -0.766. The summed E-state index contributed by atoms with van der Waals surface area (Å²) in [5, 5.41) is 0. The van der Waals surface area contributed by atoms with Gasteiger partial charge >= 0.3 is 17.9 Å². The molecule has 472 valence electrons. The summed E-state index contributed by atoms with van der Waals surface area (Å²) in [5.41, 5.74) is 0. The summed E-state index contributed by atoms with van der Waals surface area (Å²) >= 11 is 0. The normalized spacial score (nSPS) is 12.1. The highest BCUT2D eigenvalue weighted by atomic mass is 16.6. The smallest absolute Gasteiger partial charge is 0.306 e. The fraction of sp³-hybridized carbons (Fsp3) is 0.905. The van der Waals surface area contributed by atoms with Gasteiger partial charge in [-0.05, 0) is 51.4 Å². The molecule has 0 aromatic heterocycles. The van der Waals surface area contributed by atoms with Crippen LogP contribution in [0.1, 0.15) is 412 Å². The van der Waals surface area contributed by atoms with Gasteiger partial charge in [-0.15, -0.1) is 0 Å². The Bertz CT molecular complexity index is 1290. The van der Waals surface area contributed by atoms with E-state index < -0.39 is 6.10 Å². The fourth-order valence-corrected chi connectivity index (χ4v) is 11.2. The van der Waals surface area contributed by atoms with Crippen molar-refractivity contribution in [3.63, 3.8) is 0 Å². The van der Waals surface area contributed by atoms with Crippen LogP contribution in [0.25, 0.3) is 0 Å². The molecule has 0 aliphatic rings. The van der Waals surface area contributed by atoms with E-state index in [1.165, 1.54) is 308 Å². The van der Waals surface area contributed by atoms with E-state index in [2.05, 4.69) is 45.1 Å². The minimum absolute atomic E-state index is 0.0631. The van der Waals surface area contributed by atoms with E-state index in [-0.39, 0.29) is 31.1 Å². The molecule has 0 aliphatic carbocycles. The predicted molar refractivity (Wildman–Crippen MR) is 349 cm³/mol. The van der Waals surface area contributed by atoms with E-state index in [9.17, 15) is 14.4 Å².